The van der Waals surface area contributed by atoms with Crippen molar-refractivity contribution in [2.75, 3.05) is 6.54 Å². The lowest BCUT2D eigenvalue weighted by Crippen LogP contribution is -2.36. The highest BCUT2D eigenvalue weighted by atomic mass is 16.2. The molecule has 4 heteroatoms. The maximum atomic E-state index is 13.1. The molecule has 24 heavy (non-hydrogen) atoms. The molecule has 4 nitrogen and oxygen atoms in total. The Morgan fingerprint density at radius 2 is 1.75 bits per heavy atom. The molecule has 0 fully saturated rings. The largest absolute Gasteiger partial charge is 0.370 e. The first-order chi connectivity index (χ1) is 11.6. The van der Waals surface area contributed by atoms with Crippen molar-refractivity contribution in [3.63, 3.8) is 0 Å². The molecule has 3 rings (SSSR count). The molecule has 124 valence electrons. The lowest BCUT2D eigenvalue weighted by molar-refractivity contribution is -0.133. The summed E-state index contributed by atoms with van der Waals surface area (Å²) in [6, 6.07) is 18.0. The molecule has 0 saturated heterocycles. The predicted molar refractivity (Wildman–Crippen MR) is 93.2 cm³/mol. The Hall–Kier alpha value is -2.62. The van der Waals surface area contributed by atoms with E-state index < -0.39 is 0 Å². The van der Waals surface area contributed by atoms with Crippen LogP contribution in [0.5, 0.6) is 0 Å². The topological polar surface area (TPSA) is 63.4 Å². The Balaban J connectivity index is 1.79. The molecule has 1 atom stereocenters. The van der Waals surface area contributed by atoms with Crippen LogP contribution in [-0.2, 0) is 22.6 Å². The van der Waals surface area contributed by atoms with Crippen LogP contribution in [-0.4, -0.2) is 23.3 Å². The Morgan fingerprint density at radius 3 is 2.50 bits per heavy atom. The quantitative estimate of drug-likeness (QED) is 0.888. The molecule has 0 saturated carbocycles. The van der Waals surface area contributed by atoms with Crippen LogP contribution in [0.4, 0.5) is 0 Å². The van der Waals surface area contributed by atoms with Gasteiger partial charge in [-0.2, -0.15) is 0 Å². The van der Waals surface area contributed by atoms with Gasteiger partial charge in [0.05, 0.1) is 5.92 Å². The Bertz CT molecular complexity index is 727. The van der Waals surface area contributed by atoms with Crippen LogP contribution in [0.1, 0.15) is 35.4 Å². The number of rotatable bonds is 6. The van der Waals surface area contributed by atoms with Crippen LogP contribution >= 0.6 is 0 Å². The minimum Gasteiger partial charge on any atom is -0.370 e. The van der Waals surface area contributed by atoms with E-state index in [9.17, 15) is 9.59 Å². The fraction of sp³-hybridized carbons (Fsp3) is 0.300. The van der Waals surface area contributed by atoms with Gasteiger partial charge < -0.3 is 10.6 Å². The molecule has 0 radical (unpaired) electrons. The summed E-state index contributed by atoms with van der Waals surface area (Å²) in [5.41, 5.74) is 8.72. The third kappa shape index (κ3) is 3.65. The number of hydrogen-bond donors (Lipinski definition) is 1. The summed E-state index contributed by atoms with van der Waals surface area (Å²) in [6.07, 6.45) is 1.95. The summed E-state index contributed by atoms with van der Waals surface area (Å²) in [5.74, 6) is -0.407. The minimum atomic E-state index is -0.382. The first-order valence-corrected chi connectivity index (χ1v) is 8.34. The number of nitrogens with zero attached hydrogens (tertiary/aromatic N) is 1. The van der Waals surface area contributed by atoms with Crippen molar-refractivity contribution < 1.29 is 9.59 Å². The molecule has 1 aliphatic rings. The molecule has 2 aromatic rings. The van der Waals surface area contributed by atoms with Gasteiger partial charge in [-0.25, -0.2) is 0 Å². The van der Waals surface area contributed by atoms with Crippen molar-refractivity contribution in [3.8, 4) is 0 Å². The van der Waals surface area contributed by atoms with Crippen molar-refractivity contribution >= 4 is 11.8 Å². The van der Waals surface area contributed by atoms with Gasteiger partial charge in [0, 0.05) is 19.5 Å². The van der Waals surface area contributed by atoms with Crippen LogP contribution in [0.25, 0.3) is 0 Å². The van der Waals surface area contributed by atoms with E-state index in [0.717, 1.165) is 24.0 Å². The number of amides is 2. The van der Waals surface area contributed by atoms with Crippen LogP contribution < -0.4 is 5.73 Å². The zero-order chi connectivity index (χ0) is 16.9. The van der Waals surface area contributed by atoms with Crippen LogP contribution in [0.2, 0.25) is 0 Å². The Morgan fingerprint density at radius 1 is 1.04 bits per heavy atom. The summed E-state index contributed by atoms with van der Waals surface area (Å²) in [5, 5.41) is 0. The predicted octanol–water partition coefficient (Wildman–Crippen LogP) is 2.62. The molecule has 1 unspecified atom stereocenters. The maximum absolute atomic E-state index is 13.1. The van der Waals surface area contributed by atoms with Gasteiger partial charge in [0.25, 0.3) is 0 Å². The van der Waals surface area contributed by atoms with Gasteiger partial charge >= 0.3 is 0 Å². The van der Waals surface area contributed by atoms with Gasteiger partial charge in [-0.1, -0.05) is 54.6 Å². The number of fused-ring (bicyclic) bond motifs is 1. The van der Waals surface area contributed by atoms with Crippen LogP contribution in [0.3, 0.4) is 0 Å². The minimum absolute atomic E-state index is 0.0880. The second-order valence-corrected chi connectivity index (χ2v) is 6.25. The van der Waals surface area contributed by atoms with Gasteiger partial charge in [-0.15, -0.1) is 0 Å². The second-order valence-electron chi connectivity index (χ2n) is 6.25. The lowest BCUT2D eigenvalue weighted by atomic mass is 9.99. The highest BCUT2D eigenvalue weighted by molar-refractivity contribution is 5.85. The zero-order valence-corrected chi connectivity index (χ0v) is 13.7. The average Bonchev–Trinajstić information content (AvgIpc) is 3.03. The third-order valence-corrected chi connectivity index (χ3v) is 4.59. The Kier molecular flexibility index (Phi) is 4.94. The maximum Gasteiger partial charge on any atom is 0.230 e. The van der Waals surface area contributed by atoms with Crippen molar-refractivity contribution in [2.45, 2.75) is 31.7 Å². The van der Waals surface area contributed by atoms with Crippen LogP contribution in [0, 0.1) is 0 Å². The van der Waals surface area contributed by atoms with Gasteiger partial charge in [0.2, 0.25) is 11.8 Å². The number of primary amides is 1. The van der Waals surface area contributed by atoms with Crippen molar-refractivity contribution in [1.82, 2.24) is 4.90 Å². The molecule has 0 aromatic heterocycles. The molecular formula is C20H22N2O2. The van der Waals surface area contributed by atoms with E-state index >= 15 is 0 Å². The molecule has 0 heterocycles. The number of carbonyl (C=O) groups excluding carboxylic acids is 2. The normalized spacial score (nSPS) is 15.8. The first-order valence-electron chi connectivity index (χ1n) is 8.34. The highest BCUT2D eigenvalue weighted by Crippen LogP contribution is 2.34. The fourth-order valence-corrected chi connectivity index (χ4v) is 3.35. The number of carbonyl (C=O) groups is 2. The summed E-state index contributed by atoms with van der Waals surface area (Å²) in [7, 11) is 0. The molecule has 1 aliphatic carbocycles. The van der Waals surface area contributed by atoms with Crippen LogP contribution in [0.15, 0.2) is 54.6 Å². The molecule has 2 aromatic carbocycles. The monoisotopic (exact) mass is 322 g/mol. The van der Waals surface area contributed by atoms with E-state index in [1.165, 1.54) is 5.56 Å². The highest BCUT2D eigenvalue weighted by Gasteiger charge is 2.31. The van der Waals surface area contributed by atoms with E-state index in [4.69, 9.17) is 5.73 Å². The number of benzene rings is 2. The number of aryl methyl sites for hydroxylation is 1. The summed E-state index contributed by atoms with van der Waals surface area (Å²) in [4.78, 5) is 26.1. The molecule has 2 N–H and O–H groups in total. The third-order valence-electron chi connectivity index (χ3n) is 4.59. The zero-order valence-electron chi connectivity index (χ0n) is 13.7. The van der Waals surface area contributed by atoms with Gasteiger partial charge in [0.1, 0.15) is 0 Å². The van der Waals surface area contributed by atoms with Crippen molar-refractivity contribution in [1.29, 1.82) is 0 Å². The van der Waals surface area contributed by atoms with Gasteiger partial charge in [-0.05, 0) is 29.5 Å². The van der Waals surface area contributed by atoms with E-state index in [-0.39, 0.29) is 24.2 Å². The first kappa shape index (κ1) is 16.2. The van der Waals surface area contributed by atoms with Crippen molar-refractivity contribution in [2.24, 2.45) is 5.73 Å². The SMILES string of the molecule is NC(=O)CCN(Cc1ccccc1)C(=O)C1CCc2ccccc21. The lowest BCUT2D eigenvalue weighted by Gasteiger charge is -2.26. The molecule has 0 bridgehead atoms. The molecule has 2 amide bonds. The van der Waals surface area contributed by atoms with Gasteiger partial charge in [-0.3, -0.25) is 9.59 Å². The van der Waals surface area contributed by atoms with E-state index in [1.807, 2.05) is 48.5 Å². The smallest absolute Gasteiger partial charge is 0.230 e. The Labute approximate surface area is 142 Å². The van der Waals surface area contributed by atoms with Gasteiger partial charge in [0.15, 0.2) is 0 Å². The molecule has 0 aliphatic heterocycles. The summed E-state index contributed by atoms with van der Waals surface area (Å²) >= 11 is 0. The molecule has 0 spiro atoms. The standard InChI is InChI=1S/C20H22N2O2/c21-19(23)12-13-22(14-15-6-2-1-3-7-15)20(24)18-11-10-16-8-4-5-9-17(16)18/h1-9,18H,10-14H2,(H2,21,23). The van der Waals surface area contributed by atoms with E-state index in [1.54, 1.807) is 4.90 Å². The second kappa shape index (κ2) is 7.30. The van der Waals surface area contributed by atoms with E-state index in [0.29, 0.717) is 13.1 Å². The average molecular weight is 322 g/mol. The number of hydrogen-bond acceptors (Lipinski definition) is 2. The summed E-state index contributed by atoms with van der Waals surface area (Å²) in [6.45, 7) is 0.868. The summed E-state index contributed by atoms with van der Waals surface area (Å²) < 4.78 is 0. The van der Waals surface area contributed by atoms with Crippen molar-refractivity contribution in [3.05, 3.63) is 71.3 Å². The number of nitrogens with two attached hydrogens (primary N) is 1. The molecular weight excluding hydrogens is 300 g/mol. The van der Waals surface area contributed by atoms with E-state index in [2.05, 4.69) is 6.07 Å². The fourth-order valence-electron chi connectivity index (χ4n) is 3.35.